The first-order valence-corrected chi connectivity index (χ1v) is 11.1. The summed E-state index contributed by atoms with van der Waals surface area (Å²) in [5.74, 6) is 1.43. The molecule has 0 unspecified atom stereocenters. The SMILES string of the molecule is CC(C)N(O)C(=O)N1CCC(c2nc(-c3ccc(CO)cc3)c(-c3ccc(O)cc3)o2)CC1. The first-order valence-electron chi connectivity index (χ1n) is 11.1. The second-order valence-corrected chi connectivity index (χ2v) is 8.61. The van der Waals surface area contributed by atoms with Crippen molar-refractivity contribution in [1.82, 2.24) is 14.9 Å². The molecular weight excluding hydrogens is 422 g/mol. The van der Waals surface area contributed by atoms with Gasteiger partial charge in [-0.1, -0.05) is 24.3 Å². The minimum Gasteiger partial charge on any atom is -0.508 e. The number of phenols is 1. The van der Waals surface area contributed by atoms with Crippen molar-refractivity contribution in [1.29, 1.82) is 0 Å². The van der Waals surface area contributed by atoms with Gasteiger partial charge in [0.05, 0.1) is 12.6 Å². The third-order valence-electron chi connectivity index (χ3n) is 5.98. The second-order valence-electron chi connectivity index (χ2n) is 8.61. The maximum atomic E-state index is 12.4. The van der Waals surface area contributed by atoms with E-state index in [1.165, 1.54) is 0 Å². The molecule has 0 spiro atoms. The molecule has 1 saturated heterocycles. The Morgan fingerprint density at radius 3 is 2.27 bits per heavy atom. The Labute approximate surface area is 192 Å². The van der Waals surface area contributed by atoms with Gasteiger partial charge in [0, 0.05) is 30.1 Å². The normalized spacial score (nSPS) is 14.6. The number of amides is 2. The van der Waals surface area contributed by atoms with Crippen LogP contribution in [0.4, 0.5) is 4.79 Å². The van der Waals surface area contributed by atoms with Crippen LogP contribution in [0.3, 0.4) is 0 Å². The maximum absolute atomic E-state index is 12.4. The third-order valence-corrected chi connectivity index (χ3v) is 5.98. The molecule has 1 aromatic heterocycles. The number of benzene rings is 2. The summed E-state index contributed by atoms with van der Waals surface area (Å²) in [7, 11) is 0. The number of aliphatic hydroxyl groups excluding tert-OH is 1. The number of hydrogen-bond donors (Lipinski definition) is 3. The summed E-state index contributed by atoms with van der Waals surface area (Å²) in [6, 6.07) is 13.6. The number of aliphatic hydroxyl groups is 1. The second kappa shape index (κ2) is 9.64. The van der Waals surface area contributed by atoms with Crippen molar-refractivity contribution in [3.8, 4) is 28.3 Å². The van der Waals surface area contributed by atoms with Crippen LogP contribution >= 0.6 is 0 Å². The summed E-state index contributed by atoms with van der Waals surface area (Å²) in [4.78, 5) is 18.9. The van der Waals surface area contributed by atoms with Gasteiger partial charge in [-0.25, -0.2) is 14.8 Å². The number of hydroxylamine groups is 2. The lowest BCUT2D eigenvalue weighted by Crippen LogP contribution is -2.47. The van der Waals surface area contributed by atoms with Crippen molar-refractivity contribution in [2.75, 3.05) is 13.1 Å². The molecule has 2 amide bonds. The van der Waals surface area contributed by atoms with Crippen LogP contribution in [-0.4, -0.2) is 55.5 Å². The van der Waals surface area contributed by atoms with E-state index in [1.807, 2.05) is 24.3 Å². The molecule has 2 heterocycles. The lowest BCUT2D eigenvalue weighted by molar-refractivity contribution is -0.0815. The molecule has 3 aromatic rings. The zero-order chi connectivity index (χ0) is 23.5. The highest BCUT2D eigenvalue weighted by Gasteiger charge is 2.31. The lowest BCUT2D eigenvalue weighted by Gasteiger charge is -2.33. The van der Waals surface area contributed by atoms with Gasteiger partial charge in [0.1, 0.15) is 11.4 Å². The maximum Gasteiger partial charge on any atom is 0.343 e. The van der Waals surface area contributed by atoms with Crippen LogP contribution in [0, 0.1) is 0 Å². The molecule has 174 valence electrons. The fourth-order valence-corrected chi connectivity index (χ4v) is 3.97. The standard InChI is InChI=1S/C25H29N3O5/c1-16(2)28(32)25(31)27-13-11-20(12-14-27)24-26-22(18-5-3-17(15-29)4-6-18)23(33-24)19-7-9-21(30)10-8-19/h3-10,16,20,29-30,32H,11-15H2,1-2H3. The average Bonchev–Trinajstić information content (AvgIpc) is 3.29. The van der Waals surface area contributed by atoms with E-state index in [9.17, 15) is 20.2 Å². The average molecular weight is 452 g/mol. The summed E-state index contributed by atoms with van der Waals surface area (Å²) < 4.78 is 6.27. The molecule has 4 rings (SSSR count). The van der Waals surface area contributed by atoms with Crippen LogP contribution in [0.15, 0.2) is 52.9 Å². The fourth-order valence-electron chi connectivity index (χ4n) is 3.97. The zero-order valence-corrected chi connectivity index (χ0v) is 18.8. The van der Waals surface area contributed by atoms with Crippen molar-refractivity contribution >= 4 is 6.03 Å². The molecule has 3 N–H and O–H groups in total. The van der Waals surface area contributed by atoms with Crippen molar-refractivity contribution in [3.05, 3.63) is 60.0 Å². The number of hydrogen-bond acceptors (Lipinski definition) is 6. The topological polar surface area (TPSA) is 110 Å². The molecule has 0 saturated carbocycles. The summed E-state index contributed by atoms with van der Waals surface area (Å²) >= 11 is 0. The Balaban J connectivity index is 1.60. The highest BCUT2D eigenvalue weighted by atomic mass is 16.5. The largest absolute Gasteiger partial charge is 0.508 e. The van der Waals surface area contributed by atoms with E-state index in [0.29, 0.717) is 43.3 Å². The summed E-state index contributed by atoms with van der Waals surface area (Å²) in [5.41, 5.74) is 3.17. The molecule has 8 nitrogen and oxygen atoms in total. The molecule has 2 aromatic carbocycles. The van der Waals surface area contributed by atoms with E-state index in [0.717, 1.165) is 21.8 Å². The molecular formula is C25H29N3O5. The quantitative estimate of drug-likeness (QED) is 0.386. The summed E-state index contributed by atoms with van der Waals surface area (Å²) in [6.45, 7) is 4.50. The number of carbonyl (C=O) groups is 1. The van der Waals surface area contributed by atoms with Crippen molar-refractivity contribution in [3.63, 3.8) is 0 Å². The first-order chi connectivity index (χ1) is 15.9. The molecule has 1 aliphatic rings. The Morgan fingerprint density at radius 1 is 1.09 bits per heavy atom. The number of piperidine rings is 1. The lowest BCUT2D eigenvalue weighted by atomic mass is 9.97. The Kier molecular flexibility index (Phi) is 6.67. The number of nitrogens with zero attached hydrogens (tertiary/aromatic N) is 3. The molecule has 8 heteroatoms. The van der Waals surface area contributed by atoms with Gasteiger partial charge in [0.15, 0.2) is 11.7 Å². The number of aromatic hydroxyl groups is 1. The van der Waals surface area contributed by atoms with Gasteiger partial charge >= 0.3 is 6.03 Å². The number of phenolic OH excluding ortho intramolecular Hbond substituents is 1. The fraction of sp³-hybridized carbons (Fsp3) is 0.360. The van der Waals surface area contributed by atoms with Crippen LogP contribution in [-0.2, 0) is 6.61 Å². The Morgan fingerprint density at radius 2 is 1.70 bits per heavy atom. The molecule has 1 fully saturated rings. The summed E-state index contributed by atoms with van der Waals surface area (Å²) in [6.07, 6.45) is 1.35. The highest BCUT2D eigenvalue weighted by Crippen LogP contribution is 2.38. The number of aromatic nitrogens is 1. The number of oxazole rings is 1. The predicted molar refractivity (Wildman–Crippen MR) is 123 cm³/mol. The van der Waals surface area contributed by atoms with E-state index in [4.69, 9.17) is 9.40 Å². The van der Waals surface area contributed by atoms with Crippen LogP contribution in [0.1, 0.15) is 44.1 Å². The monoisotopic (exact) mass is 451 g/mol. The Hall–Kier alpha value is -3.36. The van der Waals surface area contributed by atoms with Crippen LogP contribution < -0.4 is 0 Å². The smallest absolute Gasteiger partial charge is 0.343 e. The Bertz CT molecular complexity index is 1080. The van der Waals surface area contributed by atoms with Gasteiger partial charge in [-0.3, -0.25) is 5.21 Å². The van der Waals surface area contributed by atoms with E-state index < -0.39 is 0 Å². The van der Waals surface area contributed by atoms with Crippen molar-refractivity contribution in [2.45, 2.75) is 45.3 Å². The van der Waals surface area contributed by atoms with Crippen LogP contribution in [0.2, 0.25) is 0 Å². The van der Waals surface area contributed by atoms with Gasteiger partial charge in [0.25, 0.3) is 0 Å². The van der Waals surface area contributed by atoms with E-state index in [-0.39, 0.29) is 30.3 Å². The van der Waals surface area contributed by atoms with Crippen molar-refractivity contribution < 1.29 is 24.6 Å². The highest BCUT2D eigenvalue weighted by molar-refractivity contribution is 5.77. The van der Waals surface area contributed by atoms with E-state index in [1.54, 1.807) is 43.0 Å². The third kappa shape index (κ3) is 4.86. The van der Waals surface area contributed by atoms with Crippen LogP contribution in [0.25, 0.3) is 22.6 Å². The minimum absolute atomic E-state index is 0.0332. The van der Waals surface area contributed by atoms with Gasteiger partial charge in [-0.05, 0) is 56.5 Å². The molecule has 0 bridgehead atoms. The van der Waals surface area contributed by atoms with Crippen LogP contribution in [0.5, 0.6) is 5.75 Å². The first kappa shape index (κ1) is 22.8. The van der Waals surface area contributed by atoms with Gasteiger partial charge in [0.2, 0.25) is 0 Å². The molecule has 1 aliphatic heterocycles. The van der Waals surface area contributed by atoms with Gasteiger partial charge in [-0.15, -0.1) is 0 Å². The predicted octanol–water partition coefficient (Wildman–Crippen LogP) is 4.61. The zero-order valence-electron chi connectivity index (χ0n) is 18.8. The van der Waals surface area contributed by atoms with Gasteiger partial charge in [-0.2, -0.15) is 0 Å². The van der Waals surface area contributed by atoms with Crippen molar-refractivity contribution in [2.24, 2.45) is 0 Å². The van der Waals surface area contributed by atoms with E-state index >= 15 is 0 Å². The number of rotatable bonds is 5. The number of likely N-dealkylation sites (tertiary alicyclic amines) is 1. The molecule has 0 radical (unpaired) electrons. The molecule has 0 atom stereocenters. The van der Waals surface area contributed by atoms with Gasteiger partial charge < -0.3 is 19.5 Å². The van der Waals surface area contributed by atoms with E-state index in [2.05, 4.69) is 0 Å². The summed E-state index contributed by atoms with van der Waals surface area (Å²) in [5, 5.41) is 29.8. The molecule has 0 aliphatic carbocycles. The number of carbonyl (C=O) groups excluding carboxylic acids is 1. The minimum atomic E-state index is -0.384. The molecule has 33 heavy (non-hydrogen) atoms. The number of urea groups is 1.